The largest absolute Gasteiger partial charge is 0.326 e. The summed E-state index contributed by atoms with van der Waals surface area (Å²) >= 11 is 6.18. The van der Waals surface area contributed by atoms with Gasteiger partial charge < -0.3 is 10.2 Å². The molecule has 0 saturated heterocycles. The monoisotopic (exact) mass is 517 g/mol. The van der Waals surface area contributed by atoms with Crippen LogP contribution in [0, 0.1) is 0 Å². The first kappa shape index (κ1) is 28.8. The number of nitrogens with one attached hydrogen (secondary N) is 1. The Labute approximate surface area is 230 Å². The molecule has 198 valence electrons. The van der Waals surface area contributed by atoms with Gasteiger partial charge in [0.25, 0.3) is 0 Å². The first-order chi connectivity index (χ1) is 17.5. The molecule has 0 aliphatic rings. The van der Waals surface area contributed by atoms with Crippen molar-refractivity contribution in [2.75, 3.05) is 17.3 Å². The van der Waals surface area contributed by atoms with Gasteiger partial charge in [-0.05, 0) is 63.6 Å². The number of rotatable bonds is 8. The highest BCUT2D eigenvalue weighted by atomic mass is 35.5. The third kappa shape index (κ3) is 6.76. The summed E-state index contributed by atoms with van der Waals surface area (Å²) in [5, 5.41) is 3.68. The highest BCUT2D eigenvalue weighted by molar-refractivity contribution is 6.17. The van der Waals surface area contributed by atoms with Crippen molar-refractivity contribution in [1.29, 1.82) is 0 Å². The van der Waals surface area contributed by atoms with E-state index in [2.05, 4.69) is 127 Å². The lowest BCUT2D eigenvalue weighted by atomic mass is 9.92. The van der Waals surface area contributed by atoms with Crippen LogP contribution in [-0.4, -0.2) is 13.0 Å². The first-order valence-electron chi connectivity index (χ1n) is 13.5. The molecule has 0 bridgehead atoms. The van der Waals surface area contributed by atoms with E-state index in [1.54, 1.807) is 0 Å². The van der Waals surface area contributed by atoms with Gasteiger partial charge in [0.2, 0.25) is 5.96 Å². The average molecular weight is 518 g/mol. The summed E-state index contributed by atoms with van der Waals surface area (Å²) < 4.78 is 0. The quantitative estimate of drug-likeness (QED) is 0.183. The van der Waals surface area contributed by atoms with Crippen molar-refractivity contribution >= 4 is 34.6 Å². The molecule has 0 aromatic heterocycles. The highest BCUT2D eigenvalue weighted by Gasteiger charge is 2.22. The van der Waals surface area contributed by atoms with Crippen molar-refractivity contribution in [1.82, 2.24) is 0 Å². The average Bonchev–Trinajstić information content (AvgIpc) is 2.87. The predicted octanol–water partition coefficient (Wildman–Crippen LogP) is 10.2. The second kappa shape index (κ2) is 12.6. The summed E-state index contributed by atoms with van der Waals surface area (Å²) in [5.41, 5.74) is 9.49. The van der Waals surface area contributed by atoms with Gasteiger partial charge in [0.1, 0.15) is 0 Å². The predicted molar refractivity (Wildman–Crippen MR) is 164 cm³/mol. The Morgan fingerprint density at radius 1 is 0.730 bits per heavy atom. The van der Waals surface area contributed by atoms with E-state index in [0.29, 0.717) is 29.6 Å². The second-order valence-corrected chi connectivity index (χ2v) is 11.4. The van der Waals surface area contributed by atoms with E-state index in [-0.39, 0.29) is 0 Å². The minimum Gasteiger partial charge on any atom is -0.326 e. The zero-order valence-corrected chi connectivity index (χ0v) is 24.8. The number of nitrogens with zero attached hydrogens (tertiary/aromatic N) is 2. The van der Waals surface area contributed by atoms with Crippen LogP contribution in [0.15, 0.2) is 65.7 Å². The zero-order chi connectivity index (χ0) is 27.3. The number of benzene rings is 3. The number of hydrogen-bond donors (Lipinski definition) is 1. The van der Waals surface area contributed by atoms with Gasteiger partial charge in [0, 0.05) is 18.6 Å². The van der Waals surface area contributed by atoms with Gasteiger partial charge in [-0.25, -0.2) is 4.99 Å². The van der Waals surface area contributed by atoms with Crippen LogP contribution in [0.3, 0.4) is 0 Å². The fourth-order valence-corrected chi connectivity index (χ4v) is 4.97. The van der Waals surface area contributed by atoms with E-state index in [0.717, 1.165) is 22.9 Å². The molecule has 37 heavy (non-hydrogen) atoms. The van der Waals surface area contributed by atoms with Gasteiger partial charge in [-0.3, -0.25) is 0 Å². The Morgan fingerprint density at radius 3 is 1.65 bits per heavy atom. The Kier molecular flexibility index (Phi) is 9.84. The fraction of sp³-hybridized carbons (Fsp3) is 0.424. The molecule has 0 amide bonds. The lowest BCUT2D eigenvalue weighted by Crippen LogP contribution is -2.34. The summed E-state index contributed by atoms with van der Waals surface area (Å²) in [7, 11) is 2.14. The van der Waals surface area contributed by atoms with Crippen LogP contribution < -0.4 is 10.2 Å². The van der Waals surface area contributed by atoms with Crippen molar-refractivity contribution in [3.63, 3.8) is 0 Å². The van der Waals surface area contributed by atoms with E-state index in [1.165, 1.54) is 27.9 Å². The molecular formula is C33H44ClN3. The molecular weight excluding hydrogens is 474 g/mol. The van der Waals surface area contributed by atoms with Crippen molar-refractivity contribution in [2.24, 2.45) is 4.99 Å². The molecule has 3 rings (SSSR count). The maximum absolute atomic E-state index is 6.18. The van der Waals surface area contributed by atoms with Crippen molar-refractivity contribution in [2.45, 2.75) is 84.9 Å². The number of alkyl halides is 1. The molecule has 4 heteroatoms. The molecule has 3 aromatic rings. The number of aliphatic imine (C=N–C) groups is 1. The van der Waals surface area contributed by atoms with Crippen molar-refractivity contribution in [3.05, 3.63) is 88.5 Å². The summed E-state index contributed by atoms with van der Waals surface area (Å²) in [6, 6.07) is 21.5. The molecule has 0 atom stereocenters. The molecule has 3 aromatic carbocycles. The van der Waals surface area contributed by atoms with E-state index in [9.17, 15) is 0 Å². The number of guanidine groups is 1. The smallest absolute Gasteiger partial charge is 0.208 e. The van der Waals surface area contributed by atoms with Crippen LogP contribution in [0.25, 0.3) is 0 Å². The third-order valence-corrected chi connectivity index (χ3v) is 7.20. The number of para-hydroxylation sites is 2. The molecule has 0 unspecified atom stereocenters. The van der Waals surface area contributed by atoms with Crippen LogP contribution in [0.2, 0.25) is 0 Å². The maximum Gasteiger partial charge on any atom is 0.208 e. The third-order valence-electron chi connectivity index (χ3n) is 6.89. The molecule has 3 nitrogen and oxygen atoms in total. The van der Waals surface area contributed by atoms with E-state index in [1.807, 2.05) is 6.07 Å². The topological polar surface area (TPSA) is 27.6 Å². The number of hydrogen-bond acceptors (Lipinski definition) is 1. The Hall–Kier alpha value is -2.78. The molecule has 0 aliphatic heterocycles. The molecule has 0 spiro atoms. The molecule has 0 aliphatic carbocycles. The van der Waals surface area contributed by atoms with Crippen LogP contribution >= 0.6 is 11.6 Å². The lowest BCUT2D eigenvalue weighted by Gasteiger charge is -2.30. The maximum atomic E-state index is 6.18. The van der Waals surface area contributed by atoms with Crippen molar-refractivity contribution < 1.29 is 0 Å². The summed E-state index contributed by atoms with van der Waals surface area (Å²) in [6.45, 7) is 18.0. The van der Waals surface area contributed by atoms with Crippen LogP contribution in [-0.2, 0) is 5.88 Å². The Bertz CT molecular complexity index is 1170. The second-order valence-electron chi connectivity index (χ2n) is 11.1. The van der Waals surface area contributed by atoms with Gasteiger partial charge in [0.05, 0.1) is 11.4 Å². The summed E-state index contributed by atoms with van der Waals surface area (Å²) in [4.78, 5) is 7.68. The molecule has 0 saturated carbocycles. The van der Waals surface area contributed by atoms with Crippen LogP contribution in [0.4, 0.5) is 17.1 Å². The molecule has 0 radical (unpaired) electrons. The number of halogens is 1. The first-order valence-corrected chi connectivity index (χ1v) is 14.1. The minimum absolute atomic E-state index is 0.359. The van der Waals surface area contributed by atoms with Crippen LogP contribution in [0.1, 0.15) is 107 Å². The fourth-order valence-electron chi connectivity index (χ4n) is 4.80. The van der Waals surface area contributed by atoms with E-state index < -0.39 is 0 Å². The van der Waals surface area contributed by atoms with Gasteiger partial charge in [-0.15, -0.1) is 11.6 Å². The zero-order valence-electron chi connectivity index (χ0n) is 24.1. The van der Waals surface area contributed by atoms with Crippen molar-refractivity contribution in [3.8, 4) is 0 Å². The molecule has 1 N–H and O–H groups in total. The summed E-state index contributed by atoms with van der Waals surface area (Å²) in [6.07, 6.45) is 0. The standard InChI is InChI=1S/C33H44ClN3/c1-21(2)27-15-11-16-28(22(3)4)31(27)36-33(35-26-14-10-13-25(19-26)20-34)37(9)32-29(23(5)6)17-12-18-30(32)24(7)8/h10-19,21-24H,20H2,1-9H3,(H,35,36). The van der Waals surface area contributed by atoms with E-state index >= 15 is 0 Å². The van der Waals surface area contributed by atoms with Gasteiger partial charge >= 0.3 is 0 Å². The molecule has 0 fully saturated rings. The molecule has 0 heterocycles. The summed E-state index contributed by atoms with van der Waals surface area (Å²) in [5.74, 6) is 2.75. The number of anilines is 2. The Balaban J connectivity index is 2.31. The highest BCUT2D eigenvalue weighted by Crippen LogP contribution is 2.38. The minimum atomic E-state index is 0.359. The van der Waals surface area contributed by atoms with Gasteiger partial charge in [-0.2, -0.15) is 0 Å². The van der Waals surface area contributed by atoms with Gasteiger partial charge in [0.15, 0.2) is 0 Å². The lowest BCUT2D eigenvalue weighted by molar-refractivity contribution is 0.828. The Morgan fingerprint density at radius 2 is 1.19 bits per heavy atom. The normalized spacial score (nSPS) is 12.2. The van der Waals surface area contributed by atoms with Gasteiger partial charge in [-0.1, -0.05) is 104 Å². The SMILES string of the molecule is CC(C)c1cccc(C(C)C)c1N=C(Nc1cccc(CCl)c1)N(C)c1c(C(C)C)cccc1C(C)C. The van der Waals surface area contributed by atoms with Crippen LogP contribution in [0.5, 0.6) is 0 Å². The van der Waals surface area contributed by atoms with E-state index in [4.69, 9.17) is 16.6 Å².